The Balaban J connectivity index is 2.61. The van der Waals surface area contributed by atoms with Crippen LogP contribution in [-0.2, 0) is 4.74 Å². The molecule has 2 aromatic carbocycles. The fraction of sp³-hybridized carbons (Fsp3) is 0.188. The lowest BCUT2D eigenvalue weighted by atomic mass is 9.98. The van der Waals surface area contributed by atoms with Gasteiger partial charge in [0.1, 0.15) is 0 Å². The van der Waals surface area contributed by atoms with Crippen LogP contribution in [0.2, 0.25) is 0 Å². The number of nitro benzene ring substituents is 1. The van der Waals surface area contributed by atoms with Crippen LogP contribution in [0, 0.1) is 24.0 Å². The standard InChI is InChI=1S/C16H15NO4/c1-10-4-5-12(6-11(10)2)13-7-14(16(18)21-3)9-15(8-13)17(19)20/h4-9H,1-3H3. The fourth-order valence-corrected chi connectivity index (χ4v) is 2.04. The van der Waals surface area contributed by atoms with Gasteiger partial charge in [-0.3, -0.25) is 10.1 Å². The second-order valence-electron chi connectivity index (χ2n) is 4.82. The maximum absolute atomic E-state index is 11.6. The summed E-state index contributed by atoms with van der Waals surface area (Å²) in [6.45, 7) is 3.96. The van der Waals surface area contributed by atoms with E-state index in [2.05, 4.69) is 4.74 Å². The van der Waals surface area contributed by atoms with Gasteiger partial charge in [-0.15, -0.1) is 0 Å². The summed E-state index contributed by atoms with van der Waals surface area (Å²) in [5.74, 6) is -0.594. The smallest absolute Gasteiger partial charge is 0.338 e. The molecule has 5 heteroatoms. The van der Waals surface area contributed by atoms with Crippen LogP contribution in [-0.4, -0.2) is 18.0 Å². The summed E-state index contributed by atoms with van der Waals surface area (Å²) in [7, 11) is 1.25. The van der Waals surface area contributed by atoms with Gasteiger partial charge in [0.25, 0.3) is 5.69 Å². The number of benzene rings is 2. The van der Waals surface area contributed by atoms with Crippen molar-refractivity contribution in [2.24, 2.45) is 0 Å². The molecule has 0 N–H and O–H groups in total. The number of hydrogen-bond acceptors (Lipinski definition) is 4. The molecule has 0 aliphatic carbocycles. The summed E-state index contributed by atoms with van der Waals surface area (Å²) < 4.78 is 4.64. The third-order valence-corrected chi connectivity index (χ3v) is 3.39. The zero-order chi connectivity index (χ0) is 15.6. The molecule has 0 amide bonds. The molecule has 0 radical (unpaired) electrons. The van der Waals surface area contributed by atoms with E-state index in [1.165, 1.54) is 19.2 Å². The maximum atomic E-state index is 11.6. The Labute approximate surface area is 122 Å². The van der Waals surface area contributed by atoms with Crippen LogP contribution in [0.15, 0.2) is 36.4 Å². The molecule has 21 heavy (non-hydrogen) atoms. The average molecular weight is 285 g/mol. The first-order valence-corrected chi connectivity index (χ1v) is 6.38. The highest BCUT2D eigenvalue weighted by Crippen LogP contribution is 2.28. The van der Waals surface area contributed by atoms with E-state index >= 15 is 0 Å². The predicted octanol–water partition coefficient (Wildman–Crippen LogP) is 3.67. The van der Waals surface area contributed by atoms with Crippen molar-refractivity contribution in [2.45, 2.75) is 13.8 Å². The van der Waals surface area contributed by atoms with E-state index in [1.807, 2.05) is 32.0 Å². The Bertz CT molecular complexity index is 722. The van der Waals surface area contributed by atoms with E-state index < -0.39 is 10.9 Å². The van der Waals surface area contributed by atoms with Crippen molar-refractivity contribution < 1.29 is 14.5 Å². The number of esters is 1. The Kier molecular flexibility index (Phi) is 4.03. The first-order chi connectivity index (χ1) is 9.92. The number of methoxy groups -OCH3 is 1. The van der Waals surface area contributed by atoms with Crippen LogP contribution in [0.25, 0.3) is 11.1 Å². The number of ether oxygens (including phenoxy) is 1. The van der Waals surface area contributed by atoms with E-state index in [0.29, 0.717) is 5.56 Å². The average Bonchev–Trinajstić information content (AvgIpc) is 2.48. The second kappa shape index (κ2) is 5.75. The van der Waals surface area contributed by atoms with E-state index in [1.54, 1.807) is 6.07 Å². The van der Waals surface area contributed by atoms with Crippen LogP contribution >= 0.6 is 0 Å². The summed E-state index contributed by atoms with van der Waals surface area (Å²) in [6, 6.07) is 10.0. The molecule has 0 saturated heterocycles. The highest BCUT2D eigenvalue weighted by Gasteiger charge is 2.15. The number of nitro groups is 1. The number of carbonyl (C=O) groups excluding carboxylic acids is 1. The molecule has 0 aromatic heterocycles. The largest absolute Gasteiger partial charge is 0.465 e. The van der Waals surface area contributed by atoms with E-state index in [0.717, 1.165) is 16.7 Å². The molecule has 0 saturated carbocycles. The predicted molar refractivity (Wildman–Crippen MR) is 79.3 cm³/mol. The van der Waals surface area contributed by atoms with Crippen LogP contribution < -0.4 is 0 Å². The maximum Gasteiger partial charge on any atom is 0.338 e. The van der Waals surface area contributed by atoms with E-state index in [4.69, 9.17) is 0 Å². The molecule has 0 spiro atoms. The summed E-state index contributed by atoms with van der Waals surface area (Å²) >= 11 is 0. The number of aryl methyl sites for hydroxylation is 2. The number of non-ortho nitro benzene ring substituents is 1. The monoisotopic (exact) mass is 285 g/mol. The molecule has 108 valence electrons. The molecule has 0 unspecified atom stereocenters. The zero-order valence-electron chi connectivity index (χ0n) is 12.0. The Hall–Kier alpha value is -2.69. The SMILES string of the molecule is COC(=O)c1cc(-c2ccc(C)c(C)c2)cc([N+](=O)[O-])c1. The van der Waals surface area contributed by atoms with Gasteiger partial charge in [0.05, 0.1) is 17.6 Å². The lowest BCUT2D eigenvalue weighted by Gasteiger charge is -2.07. The summed E-state index contributed by atoms with van der Waals surface area (Å²) in [4.78, 5) is 22.2. The van der Waals surface area contributed by atoms with Gasteiger partial charge in [0.2, 0.25) is 0 Å². The van der Waals surface area contributed by atoms with Crippen molar-refractivity contribution in [3.63, 3.8) is 0 Å². The van der Waals surface area contributed by atoms with Crippen molar-refractivity contribution in [1.29, 1.82) is 0 Å². The van der Waals surface area contributed by atoms with Crippen LogP contribution in [0.4, 0.5) is 5.69 Å². The third kappa shape index (κ3) is 3.08. The summed E-state index contributed by atoms with van der Waals surface area (Å²) in [5.41, 5.74) is 3.70. The first-order valence-electron chi connectivity index (χ1n) is 6.38. The molecule has 0 heterocycles. The molecular weight excluding hydrogens is 270 g/mol. The van der Waals surface area contributed by atoms with Crippen molar-refractivity contribution in [1.82, 2.24) is 0 Å². The minimum Gasteiger partial charge on any atom is -0.465 e. The molecular formula is C16H15NO4. The molecule has 0 bridgehead atoms. The van der Waals surface area contributed by atoms with Gasteiger partial charge in [-0.1, -0.05) is 18.2 Å². The fourth-order valence-electron chi connectivity index (χ4n) is 2.04. The molecule has 2 aromatic rings. The minimum absolute atomic E-state index is 0.133. The van der Waals surface area contributed by atoms with Crippen LogP contribution in [0.1, 0.15) is 21.5 Å². The van der Waals surface area contributed by atoms with Gasteiger partial charge < -0.3 is 4.74 Å². The molecule has 0 aliphatic rings. The summed E-state index contributed by atoms with van der Waals surface area (Å²) in [5, 5.41) is 11.0. The van der Waals surface area contributed by atoms with Crippen molar-refractivity contribution in [3.8, 4) is 11.1 Å². The second-order valence-corrected chi connectivity index (χ2v) is 4.82. The number of nitrogens with zero attached hydrogens (tertiary/aromatic N) is 1. The van der Waals surface area contributed by atoms with Crippen LogP contribution in [0.5, 0.6) is 0 Å². The molecule has 2 rings (SSSR count). The van der Waals surface area contributed by atoms with E-state index in [-0.39, 0.29) is 11.3 Å². The lowest BCUT2D eigenvalue weighted by molar-refractivity contribution is -0.384. The number of carbonyl (C=O) groups is 1. The zero-order valence-corrected chi connectivity index (χ0v) is 12.0. The Morgan fingerprint density at radius 3 is 2.33 bits per heavy atom. The quantitative estimate of drug-likeness (QED) is 0.490. The highest BCUT2D eigenvalue weighted by atomic mass is 16.6. The van der Waals surface area contributed by atoms with Gasteiger partial charge in [-0.2, -0.15) is 0 Å². The topological polar surface area (TPSA) is 69.4 Å². The number of hydrogen-bond donors (Lipinski definition) is 0. The van der Waals surface area contributed by atoms with Crippen molar-refractivity contribution >= 4 is 11.7 Å². The van der Waals surface area contributed by atoms with Gasteiger partial charge in [-0.25, -0.2) is 4.79 Å². The van der Waals surface area contributed by atoms with Gasteiger partial charge in [-0.05, 0) is 42.2 Å². The van der Waals surface area contributed by atoms with Crippen molar-refractivity contribution in [3.05, 3.63) is 63.2 Å². The molecule has 0 aliphatic heterocycles. The normalized spacial score (nSPS) is 10.2. The Morgan fingerprint density at radius 2 is 1.76 bits per heavy atom. The van der Waals surface area contributed by atoms with Gasteiger partial charge in [0, 0.05) is 12.1 Å². The van der Waals surface area contributed by atoms with Crippen LogP contribution in [0.3, 0.4) is 0 Å². The number of rotatable bonds is 3. The highest BCUT2D eigenvalue weighted by molar-refractivity contribution is 5.92. The first kappa shape index (κ1) is 14.7. The summed E-state index contributed by atoms with van der Waals surface area (Å²) in [6.07, 6.45) is 0. The van der Waals surface area contributed by atoms with Gasteiger partial charge >= 0.3 is 5.97 Å². The van der Waals surface area contributed by atoms with E-state index in [9.17, 15) is 14.9 Å². The van der Waals surface area contributed by atoms with Crippen molar-refractivity contribution in [2.75, 3.05) is 7.11 Å². The van der Waals surface area contributed by atoms with Gasteiger partial charge in [0.15, 0.2) is 0 Å². The molecule has 0 atom stereocenters. The molecule has 0 fully saturated rings. The lowest BCUT2D eigenvalue weighted by Crippen LogP contribution is -2.02. The third-order valence-electron chi connectivity index (χ3n) is 3.39. The molecule has 5 nitrogen and oxygen atoms in total. The Morgan fingerprint density at radius 1 is 1.05 bits per heavy atom. The minimum atomic E-state index is -0.594.